The zero-order valence-corrected chi connectivity index (χ0v) is 21.9. The number of fused-ring (bicyclic) bond motifs is 1. The third-order valence-electron chi connectivity index (χ3n) is 6.05. The van der Waals surface area contributed by atoms with Crippen molar-refractivity contribution in [1.29, 1.82) is 0 Å². The lowest BCUT2D eigenvalue weighted by molar-refractivity contribution is 0.0981. The van der Waals surface area contributed by atoms with E-state index in [4.69, 9.17) is 4.98 Å². The van der Waals surface area contributed by atoms with E-state index in [0.29, 0.717) is 28.4 Å². The summed E-state index contributed by atoms with van der Waals surface area (Å²) in [6, 6.07) is 22.2. The molecule has 0 saturated carbocycles. The molecule has 0 unspecified atom stereocenters. The Morgan fingerprint density at radius 3 is 2.06 bits per heavy atom. The van der Waals surface area contributed by atoms with Crippen molar-refractivity contribution in [2.45, 2.75) is 20.8 Å². The fourth-order valence-electron chi connectivity index (χ4n) is 3.93. The van der Waals surface area contributed by atoms with E-state index in [1.54, 1.807) is 41.3 Å². The number of ketones is 1. The Kier molecular flexibility index (Phi) is 9.15. The zero-order chi connectivity index (χ0) is 24.1. The number of likely N-dealkylation sites (N-methyl/N-ethyl adjacent to an activating group) is 1. The van der Waals surface area contributed by atoms with Crippen molar-refractivity contribution in [3.8, 4) is 0 Å². The van der Waals surface area contributed by atoms with E-state index in [2.05, 4.69) is 18.7 Å². The summed E-state index contributed by atoms with van der Waals surface area (Å²) in [5.41, 5.74) is 3.77. The molecule has 1 amide bonds. The van der Waals surface area contributed by atoms with Gasteiger partial charge in [0.2, 0.25) is 0 Å². The highest BCUT2D eigenvalue weighted by molar-refractivity contribution is 7.22. The van der Waals surface area contributed by atoms with E-state index in [-0.39, 0.29) is 24.1 Å². The van der Waals surface area contributed by atoms with Crippen LogP contribution in [0.15, 0.2) is 72.8 Å². The second kappa shape index (κ2) is 12.1. The number of carbonyl (C=O) groups is 2. The molecule has 7 heteroatoms. The number of hydrogen-bond donors (Lipinski definition) is 0. The Labute approximate surface area is 216 Å². The van der Waals surface area contributed by atoms with Crippen molar-refractivity contribution in [2.24, 2.45) is 0 Å². The topological polar surface area (TPSA) is 53.5 Å². The Balaban J connectivity index is 0.00000342. The number of aryl methyl sites for hydroxylation is 1. The van der Waals surface area contributed by atoms with Crippen LogP contribution in [0.5, 0.6) is 0 Å². The summed E-state index contributed by atoms with van der Waals surface area (Å²) in [5.74, 6) is -0.165. The van der Waals surface area contributed by atoms with Crippen LogP contribution in [0.2, 0.25) is 0 Å². The molecule has 0 bridgehead atoms. The number of carbonyl (C=O) groups excluding carboxylic acids is 2. The summed E-state index contributed by atoms with van der Waals surface area (Å²) in [6.45, 7) is 9.44. The van der Waals surface area contributed by atoms with Gasteiger partial charge in [0.1, 0.15) is 0 Å². The molecule has 5 nitrogen and oxygen atoms in total. The Bertz CT molecular complexity index is 1280. The largest absolute Gasteiger partial charge is 0.302 e. The molecule has 0 N–H and O–H groups in total. The van der Waals surface area contributed by atoms with Crippen LogP contribution in [0.3, 0.4) is 0 Å². The Morgan fingerprint density at radius 2 is 1.43 bits per heavy atom. The average molecular weight is 508 g/mol. The minimum atomic E-state index is -0.109. The predicted molar refractivity (Wildman–Crippen MR) is 147 cm³/mol. The van der Waals surface area contributed by atoms with Crippen LogP contribution < -0.4 is 4.90 Å². The van der Waals surface area contributed by atoms with E-state index in [1.165, 1.54) is 11.3 Å². The molecule has 182 valence electrons. The Hall–Kier alpha value is -3.06. The molecule has 0 fully saturated rings. The molecule has 0 spiro atoms. The third-order valence-corrected chi connectivity index (χ3v) is 7.09. The molecule has 0 saturated heterocycles. The van der Waals surface area contributed by atoms with Crippen LogP contribution in [0, 0.1) is 6.92 Å². The lowest BCUT2D eigenvalue weighted by Gasteiger charge is -2.24. The van der Waals surface area contributed by atoms with Crippen LogP contribution in [-0.4, -0.2) is 47.8 Å². The number of halogens is 1. The number of hydrogen-bond acceptors (Lipinski definition) is 5. The van der Waals surface area contributed by atoms with Gasteiger partial charge in [-0.25, -0.2) is 4.98 Å². The van der Waals surface area contributed by atoms with E-state index in [1.807, 2.05) is 43.3 Å². The monoisotopic (exact) mass is 507 g/mol. The zero-order valence-electron chi connectivity index (χ0n) is 20.2. The van der Waals surface area contributed by atoms with Gasteiger partial charge >= 0.3 is 0 Å². The van der Waals surface area contributed by atoms with Gasteiger partial charge in [0, 0.05) is 29.8 Å². The highest BCUT2D eigenvalue weighted by Crippen LogP contribution is 2.31. The number of thiazole rings is 1. The van der Waals surface area contributed by atoms with E-state index < -0.39 is 0 Å². The highest BCUT2D eigenvalue weighted by Gasteiger charge is 2.22. The number of rotatable bonds is 9. The Morgan fingerprint density at radius 1 is 0.800 bits per heavy atom. The van der Waals surface area contributed by atoms with Crippen molar-refractivity contribution >= 4 is 50.8 Å². The van der Waals surface area contributed by atoms with Gasteiger partial charge in [0.05, 0.1) is 10.2 Å². The number of anilines is 1. The summed E-state index contributed by atoms with van der Waals surface area (Å²) in [4.78, 5) is 35.3. The number of benzene rings is 3. The van der Waals surface area contributed by atoms with Crippen molar-refractivity contribution in [3.05, 3.63) is 95.1 Å². The van der Waals surface area contributed by atoms with Gasteiger partial charge in [0.25, 0.3) is 5.91 Å². The molecule has 1 heterocycles. The molecule has 0 aliphatic heterocycles. The first-order chi connectivity index (χ1) is 16.5. The van der Waals surface area contributed by atoms with Gasteiger partial charge in [-0.3, -0.25) is 14.5 Å². The first-order valence-corrected chi connectivity index (χ1v) is 12.4. The maximum absolute atomic E-state index is 13.6. The van der Waals surface area contributed by atoms with E-state index in [9.17, 15) is 9.59 Å². The first-order valence-electron chi connectivity index (χ1n) is 11.6. The van der Waals surface area contributed by atoms with Crippen LogP contribution in [-0.2, 0) is 0 Å². The summed E-state index contributed by atoms with van der Waals surface area (Å²) in [6.07, 6.45) is 0. The quantitative estimate of drug-likeness (QED) is 0.251. The van der Waals surface area contributed by atoms with Crippen LogP contribution in [0.4, 0.5) is 5.13 Å². The smallest absolute Gasteiger partial charge is 0.260 e. The summed E-state index contributed by atoms with van der Waals surface area (Å²) < 4.78 is 1.07. The van der Waals surface area contributed by atoms with Crippen LogP contribution >= 0.6 is 23.7 Å². The third kappa shape index (κ3) is 5.96. The molecular formula is C28H30ClN3O2S. The maximum atomic E-state index is 13.6. The lowest BCUT2D eigenvalue weighted by atomic mass is 10.0. The predicted octanol–water partition coefficient (Wildman–Crippen LogP) is 6.25. The minimum Gasteiger partial charge on any atom is -0.302 e. The molecule has 4 aromatic rings. The highest BCUT2D eigenvalue weighted by atomic mass is 35.5. The van der Waals surface area contributed by atoms with Gasteiger partial charge in [0.15, 0.2) is 10.9 Å². The molecule has 0 atom stereocenters. The van der Waals surface area contributed by atoms with Gasteiger partial charge < -0.3 is 4.90 Å². The van der Waals surface area contributed by atoms with Gasteiger partial charge in [-0.05, 0) is 43.8 Å². The average Bonchev–Trinajstić information content (AvgIpc) is 3.32. The van der Waals surface area contributed by atoms with Gasteiger partial charge in [-0.1, -0.05) is 79.8 Å². The number of para-hydroxylation sites is 1. The van der Waals surface area contributed by atoms with Crippen molar-refractivity contribution in [3.63, 3.8) is 0 Å². The lowest BCUT2D eigenvalue weighted by Crippen LogP contribution is -2.38. The second-order valence-electron chi connectivity index (χ2n) is 8.17. The van der Waals surface area contributed by atoms with E-state index >= 15 is 0 Å². The summed E-state index contributed by atoms with van der Waals surface area (Å²) in [5, 5.41) is 0.700. The normalized spacial score (nSPS) is 10.9. The number of nitrogens with zero attached hydrogens (tertiary/aromatic N) is 3. The molecule has 1 aromatic heterocycles. The SMILES string of the molecule is CCN(CC)CCN(C(=O)c1ccc(C(=O)c2ccccc2)cc1)c1nc2c(C)cccc2s1.Cl. The second-order valence-corrected chi connectivity index (χ2v) is 9.18. The molecule has 0 aliphatic rings. The van der Waals surface area contributed by atoms with Gasteiger partial charge in [-0.2, -0.15) is 0 Å². The fourth-order valence-corrected chi connectivity index (χ4v) is 5.00. The first kappa shape index (κ1) is 26.5. The number of amides is 1. The van der Waals surface area contributed by atoms with Crippen molar-refractivity contribution in [2.75, 3.05) is 31.1 Å². The molecule has 4 rings (SSSR count). The summed E-state index contributed by atoms with van der Waals surface area (Å²) in [7, 11) is 0. The standard InChI is InChI=1S/C28H29N3O2S.ClH/c1-4-30(5-2)18-19-31(28-29-25-20(3)10-9-13-24(25)34-28)27(33)23-16-14-22(15-17-23)26(32)21-11-7-6-8-12-21;/h6-17H,4-5,18-19H2,1-3H3;1H. The summed E-state index contributed by atoms with van der Waals surface area (Å²) >= 11 is 1.54. The molecule has 35 heavy (non-hydrogen) atoms. The van der Waals surface area contributed by atoms with Gasteiger partial charge in [-0.15, -0.1) is 12.4 Å². The molecule has 0 radical (unpaired) electrons. The molecule has 3 aromatic carbocycles. The number of aromatic nitrogens is 1. The minimum absolute atomic E-state index is 0. The molecular weight excluding hydrogens is 478 g/mol. The van der Waals surface area contributed by atoms with Crippen LogP contribution in [0.25, 0.3) is 10.2 Å². The van der Waals surface area contributed by atoms with Crippen LogP contribution in [0.1, 0.15) is 45.7 Å². The van der Waals surface area contributed by atoms with Crippen molar-refractivity contribution < 1.29 is 9.59 Å². The molecule has 0 aliphatic carbocycles. The maximum Gasteiger partial charge on any atom is 0.260 e. The fraction of sp³-hybridized carbons (Fsp3) is 0.250. The van der Waals surface area contributed by atoms with Crippen molar-refractivity contribution in [1.82, 2.24) is 9.88 Å². The van der Waals surface area contributed by atoms with E-state index in [0.717, 1.165) is 35.4 Å².